The molecular formula is C9H20NPt+. The molecule has 1 N–H and O–H groups in total. The van der Waals surface area contributed by atoms with Crippen LogP contribution < -0.4 is 5.32 Å². The Bertz CT molecular complexity index is 73.6. The van der Waals surface area contributed by atoms with Crippen molar-refractivity contribution in [1.82, 2.24) is 5.32 Å². The van der Waals surface area contributed by atoms with Gasteiger partial charge in [-0.15, -0.1) is 0 Å². The summed E-state index contributed by atoms with van der Waals surface area (Å²) in [5.41, 5.74) is 0. The average molecular weight is 337 g/mol. The first kappa shape index (κ1) is 22.5. The van der Waals surface area contributed by atoms with Crippen molar-refractivity contribution in [3.8, 4) is 0 Å². The summed E-state index contributed by atoms with van der Waals surface area (Å²) in [4.78, 5) is 0. The van der Waals surface area contributed by atoms with Crippen molar-refractivity contribution >= 4 is 0 Å². The molecule has 0 aromatic carbocycles. The van der Waals surface area contributed by atoms with E-state index in [1.54, 1.807) is 0 Å². The maximum Gasteiger partial charge on any atom is 4.00 e. The van der Waals surface area contributed by atoms with E-state index in [0.717, 1.165) is 6.04 Å². The third-order valence-corrected chi connectivity index (χ3v) is 1.42. The first-order valence-electron chi connectivity index (χ1n) is 2.76. The molecule has 0 radical (unpaired) electrons. The zero-order valence-electron chi connectivity index (χ0n) is 7.96. The summed E-state index contributed by atoms with van der Waals surface area (Å²) in [7, 11) is 2.01. The van der Waals surface area contributed by atoms with Crippen LogP contribution in [0.2, 0.25) is 0 Å². The number of nitrogens with one attached hydrogen (secondary N) is 1. The van der Waals surface area contributed by atoms with Gasteiger partial charge in [0, 0.05) is 6.04 Å². The molecule has 2 heteroatoms. The van der Waals surface area contributed by atoms with E-state index in [2.05, 4.69) is 17.5 Å². The molecule has 0 aliphatic heterocycles. The van der Waals surface area contributed by atoms with Crippen molar-refractivity contribution in [3.63, 3.8) is 0 Å². The van der Waals surface area contributed by atoms with Gasteiger partial charge in [-0.1, -0.05) is 12.2 Å². The van der Waals surface area contributed by atoms with Gasteiger partial charge in [-0.25, -0.2) is 0 Å². The Morgan fingerprint density at radius 2 is 1.45 bits per heavy atom. The summed E-state index contributed by atoms with van der Waals surface area (Å²) in [5.74, 6) is 0. The van der Waals surface area contributed by atoms with E-state index in [0.29, 0.717) is 0 Å². The van der Waals surface area contributed by atoms with E-state index in [4.69, 9.17) is 0 Å². The average Bonchev–Trinajstić information content (AvgIpc) is 2.14. The standard InChI is InChI=1S/C6H11N.3CH3.Pt/c1-7-6-4-2-3-5-6;;;;/h2-3,6-7H,4-5H2,1H3;3*1H3;/q;3*-1;+4. The van der Waals surface area contributed by atoms with E-state index in [1.807, 2.05) is 7.05 Å². The van der Waals surface area contributed by atoms with E-state index >= 15 is 0 Å². The molecule has 0 aromatic heterocycles. The first-order valence-corrected chi connectivity index (χ1v) is 2.76. The molecule has 0 bridgehead atoms. The van der Waals surface area contributed by atoms with Crippen molar-refractivity contribution in [2.45, 2.75) is 18.9 Å². The van der Waals surface area contributed by atoms with Gasteiger partial charge >= 0.3 is 21.1 Å². The molecule has 0 saturated carbocycles. The van der Waals surface area contributed by atoms with E-state index in [9.17, 15) is 0 Å². The molecule has 0 amide bonds. The van der Waals surface area contributed by atoms with Crippen LogP contribution in [0.3, 0.4) is 0 Å². The van der Waals surface area contributed by atoms with Crippen LogP contribution in [0.15, 0.2) is 12.2 Å². The third-order valence-electron chi connectivity index (χ3n) is 1.42. The summed E-state index contributed by atoms with van der Waals surface area (Å²) < 4.78 is 0. The Labute approximate surface area is 86.9 Å². The van der Waals surface area contributed by atoms with E-state index < -0.39 is 0 Å². The zero-order valence-corrected chi connectivity index (χ0v) is 10.2. The second-order valence-corrected chi connectivity index (χ2v) is 1.93. The minimum Gasteiger partial charge on any atom is -0.358 e. The van der Waals surface area contributed by atoms with Crippen molar-refractivity contribution in [2.75, 3.05) is 7.05 Å². The Morgan fingerprint density at radius 3 is 1.64 bits per heavy atom. The number of hydrogen-bond acceptors (Lipinski definition) is 1. The zero-order chi connectivity index (χ0) is 5.11. The van der Waals surface area contributed by atoms with Crippen LogP contribution >= 0.6 is 0 Å². The van der Waals surface area contributed by atoms with E-state index in [1.165, 1.54) is 12.8 Å². The molecule has 1 aliphatic carbocycles. The van der Waals surface area contributed by atoms with Crippen LogP contribution in [-0.4, -0.2) is 13.1 Å². The van der Waals surface area contributed by atoms with Gasteiger partial charge in [-0.3, -0.25) is 0 Å². The van der Waals surface area contributed by atoms with Crippen molar-refractivity contribution in [2.24, 2.45) is 0 Å². The van der Waals surface area contributed by atoms with Crippen LogP contribution in [0.25, 0.3) is 0 Å². The Morgan fingerprint density at radius 1 is 1.09 bits per heavy atom. The van der Waals surface area contributed by atoms with Gasteiger partial charge in [0.15, 0.2) is 0 Å². The quantitative estimate of drug-likeness (QED) is 0.572. The second-order valence-electron chi connectivity index (χ2n) is 1.93. The number of rotatable bonds is 1. The van der Waals surface area contributed by atoms with Crippen molar-refractivity contribution < 1.29 is 21.1 Å². The Kier molecular flexibility index (Phi) is 26.6. The first-order chi connectivity index (χ1) is 3.43. The molecule has 0 spiro atoms. The van der Waals surface area contributed by atoms with Gasteiger partial charge in [0.1, 0.15) is 0 Å². The largest absolute Gasteiger partial charge is 4.00 e. The summed E-state index contributed by atoms with van der Waals surface area (Å²) >= 11 is 0. The molecule has 0 unspecified atom stereocenters. The maximum atomic E-state index is 3.20. The summed E-state index contributed by atoms with van der Waals surface area (Å²) in [6.45, 7) is 0. The molecule has 1 rings (SSSR count). The van der Waals surface area contributed by atoms with Crippen molar-refractivity contribution in [1.29, 1.82) is 0 Å². The predicted octanol–water partition coefficient (Wildman–Crippen LogP) is 2.27. The topological polar surface area (TPSA) is 12.0 Å². The molecule has 1 aliphatic rings. The van der Waals surface area contributed by atoms with Gasteiger partial charge in [-0.05, 0) is 19.9 Å². The van der Waals surface area contributed by atoms with Gasteiger partial charge in [0.2, 0.25) is 0 Å². The third kappa shape index (κ3) is 8.29. The molecule has 0 atom stereocenters. The summed E-state index contributed by atoms with van der Waals surface area (Å²) in [6, 6.07) is 0.736. The molecule has 1 nitrogen and oxygen atoms in total. The molecule has 0 saturated heterocycles. The van der Waals surface area contributed by atoms with Gasteiger partial charge in [-0.2, -0.15) is 0 Å². The van der Waals surface area contributed by atoms with Crippen LogP contribution in [0.1, 0.15) is 12.8 Å². The van der Waals surface area contributed by atoms with Crippen LogP contribution in [0, 0.1) is 22.3 Å². The predicted molar refractivity (Wildman–Crippen MR) is 50.5 cm³/mol. The van der Waals surface area contributed by atoms with Gasteiger partial charge in [0.05, 0.1) is 0 Å². The van der Waals surface area contributed by atoms with Crippen LogP contribution in [0.5, 0.6) is 0 Å². The minimum absolute atomic E-state index is 0. The summed E-state index contributed by atoms with van der Waals surface area (Å²) in [6.07, 6.45) is 6.88. The normalized spacial score (nSPS) is 13.5. The monoisotopic (exact) mass is 337 g/mol. The van der Waals surface area contributed by atoms with E-state index in [-0.39, 0.29) is 43.3 Å². The van der Waals surface area contributed by atoms with Crippen LogP contribution in [-0.2, 0) is 21.1 Å². The molecule has 0 aromatic rings. The molecule has 0 heterocycles. The molecule has 70 valence electrons. The fraction of sp³-hybridized carbons (Fsp3) is 0.444. The Balaban J connectivity index is -0.0000000612. The van der Waals surface area contributed by atoms with Gasteiger partial charge < -0.3 is 27.6 Å². The van der Waals surface area contributed by atoms with Crippen molar-refractivity contribution in [3.05, 3.63) is 34.4 Å². The fourth-order valence-electron chi connectivity index (χ4n) is 0.853. The SMILES string of the molecule is CNC1CC=CC1.[CH3-].[CH3-].[CH3-].[Pt+4]. The number of hydrogen-bond donors (Lipinski definition) is 1. The van der Waals surface area contributed by atoms with Crippen LogP contribution in [0.4, 0.5) is 0 Å². The molecular weight excluding hydrogens is 317 g/mol. The Hall–Kier alpha value is 0.388. The fourth-order valence-corrected chi connectivity index (χ4v) is 0.853. The minimum atomic E-state index is 0. The summed E-state index contributed by atoms with van der Waals surface area (Å²) in [5, 5.41) is 3.20. The molecule has 11 heavy (non-hydrogen) atoms. The second kappa shape index (κ2) is 13.0. The smallest absolute Gasteiger partial charge is 0.358 e. The maximum absolute atomic E-state index is 3.20. The molecule has 0 fully saturated rings. The van der Waals surface area contributed by atoms with Gasteiger partial charge in [0.25, 0.3) is 0 Å².